The van der Waals surface area contributed by atoms with Crippen LogP contribution in [-0.2, 0) is 0 Å². The molecule has 0 aromatic heterocycles. The second kappa shape index (κ2) is 6.46. The van der Waals surface area contributed by atoms with Crippen molar-refractivity contribution in [3.05, 3.63) is 24.3 Å². The predicted molar refractivity (Wildman–Crippen MR) is 60.6 cm³/mol. The molecular formula is C10H6F2N4S. The van der Waals surface area contributed by atoms with Gasteiger partial charge in [-0.15, -0.1) is 0 Å². The maximum atomic E-state index is 12.1. The SMILES string of the molecule is N#CC(C#N)=NNc1cccc(SC(F)F)c1. The minimum Gasteiger partial charge on any atom is -0.276 e. The molecule has 0 amide bonds. The van der Waals surface area contributed by atoms with Gasteiger partial charge in [0.1, 0.15) is 12.1 Å². The topological polar surface area (TPSA) is 72.0 Å². The average molecular weight is 252 g/mol. The van der Waals surface area contributed by atoms with Gasteiger partial charge in [-0.25, -0.2) is 0 Å². The van der Waals surface area contributed by atoms with Crippen molar-refractivity contribution >= 4 is 23.2 Å². The van der Waals surface area contributed by atoms with Gasteiger partial charge in [-0.05, 0) is 18.2 Å². The van der Waals surface area contributed by atoms with Crippen molar-refractivity contribution in [2.45, 2.75) is 10.7 Å². The molecular weight excluding hydrogens is 246 g/mol. The highest BCUT2D eigenvalue weighted by atomic mass is 32.2. The summed E-state index contributed by atoms with van der Waals surface area (Å²) in [7, 11) is 0. The van der Waals surface area contributed by atoms with Gasteiger partial charge in [0.15, 0.2) is 0 Å². The van der Waals surface area contributed by atoms with E-state index in [0.717, 1.165) is 0 Å². The molecule has 0 heterocycles. The first-order chi connectivity index (χ1) is 8.15. The Kier molecular flexibility index (Phi) is 4.92. The number of rotatable bonds is 4. The summed E-state index contributed by atoms with van der Waals surface area (Å²) in [5, 5.41) is 20.4. The Morgan fingerprint density at radius 1 is 1.35 bits per heavy atom. The molecule has 86 valence electrons. The van der Waals surface area contributed by atoms with E-state index in [2.05, 4.69) is 10.5 Å². The highest BCUT2D eigenvalue weighted by molar-refractivity contribution is 7.99. The maximum absolute atomic E-state index is 12.1. The van der Waals surface area contributed by atoms with E-state index in [1.165, 1.54) is 12.1 Å². The molecule has 0 spiro atoms. The molecule has 0 radical (unpaired) electrons. The lowest BCUT2D eigenvalue weighted by atomic mass is 10.3. The molecule has 1 aromatic carbocycles. The van der Waals surface area contributed by atoms with Crippen LogP contribution in [0, 0.1) is 22.7 Å². The molecule has 0 saturated heterocycles. The molecule has 0 aliphatic rings. The number of nitrogens with zero attached hydrogens (tertiary/aromatic N) is 3. The third-order valence-electron chi connectivity index (χ3n) is 1.57. The van der Waals surface area contributed by atoms with Crippen molar-refractivity contribution in [1.29, 1.82) is 10.5 Å². The van der Waals surface area contributed by atoms with Crippen LogP contribution in [0.25, 0.3) is 0 Å². The highest BCUT2D eigenvalue weighted by Crippen LogP contribution is 2.27. The Morgan fingerprint density at radius 3 is 2.65 bits per heavy atom. The number of benzene rings is 1. The predicted octanol–water partition coefficient (Wildman–Crippen LogP) is 2.82. The number of halogens is 2. The Labute approximate surface area is 101 Å². The quantitative estimate of drug-likeness (QED) is 0.508. The van der Waals surface area contributed by atoms with Crippen molar-refractivity contribution in [3.63, 3.8) is 0 Å². The first-order valence-electron chi connectivity index (χ1n) is 4.34. The number of hydrazone groups is 1. The van der Waals surface area contributed by atoms with Crippen molar-refractivity contribution in [2.24, 2.45) is 5.10 Å². The summed E-state index contributed by atoms with van der Waals surface area (Å²) in [6.07, 6.45) is 0. The van der Waals surface area contributed by atoms with Gasteiger partial charge in [-0.1, -0.05) is 17.8 Å². The zero-order valence-electron chi connectivity index (χ0n) is 8.39. The fourth-order valence-corrected chi connectivity index (χ4v) is 1.50. The van der Waals surface area contributed by atoms with E-state index in [9.17, 15) is 8.78 Å². The molecule has 0 fully saturated rings. The Hall–Kier alpha value is -2.12. The molecule has 0 unspecified atom stereocenters. The number of nitrogens with one attached hydrogen (secondary N) is 1. The van der Waals surface area contributed by atoms with Gasteiger partial charge in [-0.3, -0.25) is 5.43 Å². The van der Waals surface area contributed by atoms with Crippen LogP contribution < -0.4 is 5.43 Å². The van der Waals surface area contributed by atoms with E-state index in [1.807, 2.05) is 0 Å². The van der Waals surface area contributed by atoms with E-state index >= 15 is 0 Å². The summed E-state index contributed by atoms with van der Waals surface area (Å²) in [6.45, 7) is 0. The first kappa shape index (κ1) is 12.9. The maximum Gasteiger partial charge on any atom is 0.288 e. The summed E-state index contributed by atoms with van der Waals surface area (Å²) >= 11 is 0.407. The van der Waals surface area contributed by atoms with Gasteiger partial charge in [0.25, 0.3) is 5.76 Å². The van der Waals surface area contributed by atoms with E-state index in [0.29, 0.717) is 22.3 Å². The smallest absolute Gasteiger partial charge is 0.276 e. The van der Waals surface area contributed by atoms with Crippen molar-refractivity contribution in [2.75, 3.05) is 5.43 Å². The second-order valence-electron chi connectivity index (χ2n) is 2.70. The van der Waals surface area contributed by atoms with Crippen LogP contribution in [0.2, 0.25) is 0 Å². The third-order valence-corrected chi connectivity index (χ3v) is 2.27. The van der Waals surface area contributed by atoms with Gasteiger partial charge in [-0.2, -0.15) is 24.4 Å². The van der Waals surface area contributed by atoms with E-state index in [4.69, 9.17) is 10.5 Å². The van der Waals surface area contributed by atoms with Gasteiger partial charge in [0.2, 0.25) is 5.71 Å². The van der Waals surface area contributed by atoms with Gasteiger partial charge < -0.3 is 0 Å². The van der Waals surface area contributed by atoms with E-state index < -0.39 is 5.76 Å². The van der Waals surface area contributed by atoms with Crippen LogP contribution in [0.15, 0.2) is 34.3 Å². The van der Waals surface area contributed by atoms with Crippen molar-refractivity contribution < 1.29 is 8.78 Å². The summed E-state index contributed by atoms with van der Waals surface area (Å²) in [6, 6.07) is 9.28. The number of anilines is 1. The first-order valence-corrected chi connectivity index (χ1v) is 5.22. The lowest BCUT2D eigenvalue weighted by molar-refractivity contribution is 0.252. The largest absolute Gasteiger partial charge is 0.288 e. The monoisotopic (exact) mass is 252 g/mol. The molecule has 0 atom stereocenters. The minimum absolute atomic E-state index is 0.336. The van der Waals surface area contributed by atoms with Crippen LogP contribution in [0.5, 0.6) is 0 Å². The van der Waals surface area contributed by atoms with Gasteiger partial charge in [0.05, 0.1) is 5.69 Å². The summed E-state index contributed by atoms with van der Waals surface area (Å²) in [4.78, 5) is 0.371. The molecule has 1 aromatic rings. The summed E-state index contributed by atoms with van der Waals surface area (Å²) < 4.78 is 24.2. The third kappa shape index (κ3) is 4.49. The molecule has 0 bridgehead atoms. The number of thioether (sulfide) groups is 1. The molecule has 0 saturated carbocycles. The Morgan fingerprint density at radius 2 is 2.06 bits per heavy atom. The Balaban J connectivity index is 2.77. The fourth-order valence-electron chi connectivity index (χ4n) is 0.937. The van der Waals surface area contributed by atoms with Crippen LogP contribution >= 0.6 is 11.8 Å². The van der Waals surface area contributed by atoms with Crippen LogP contribution in [0.3, 0.4) is 0 Å². The fraction of sp³-hybridized carbons (Fsp3) is 0.100. The molecule has 4 nitrogen and oxygen atoms in total. The second-order valence-corrected chi connectivity index (χ2v) is 3.77. The van der Waals surface area contributed by atoms with E-state index in [-0.39, 0.29) is 5.71 Å². The van der Waals surface area contributed by atoms with Crippen LogP contribution in [0.1, 0.15) is 0 Å². The normalized spacial score (nSPS) is 9.24. The zero-order valence-corrected chi connectivity index (χ0v) is 9.21. The Bertz CT molecular complexity index is 486. The summed E-state index contributed by atoms with van der Waals surface area (Å²) in [5.41, 5.74) is 2.54. The molecule has 0 aliphatic carbocycles. The minimum atomic E-state index is -2.50. The van der Waals surface area contributed by atoms with Crippen molar-refractivity contribution in [3.8, 4) is 12.1 Å². The molecule has 7 heteroatoms. The van der Waals surface area contributed by atoms with Gasteiger partial charge in [0, 0.05) is 4.90 Å². The molecule has 1 N–H and O–H groups in total. The van der Waals surface area contributed by atoms with Crippen LogP contribution in [-0.4, -0.2) is 11.5 Å². The molecule has 0 aliphatic heterocycles. The number of nitriles is 2. The summed E-state index contributed by atoms with van der Waals surface area (Å²) in [5.74, 6) is -2.50. The molecule has 17 heavy (non-hydrogen) atoms. The number of hydrogen-bond donors (Lipinski definition) is 1. The lowest BCUT2D eigenvalue weighted by Crippen LogP contribution is -1.96. The number of alkyl halides is 2. The van der Waals surface area contributed by atoms with Crippen molar-refractivity contribution in [1.82, 2.24) is 0 Å². The average Bonchev–Trinajstić information content (AvgIpc) is 2.30. The van der Waals surface area contributed by atoms with Gasteiger partial charge >= 0.3 is 0 Å². The molecule has 1 rings (SSSR count). The highest BCUT2D eigenvalue weighted by Gasteiger charge is 2.05. The lowest BCUT2D eigenvalue weighted by Gasteiger charge is -2.03. The zero-order chi connectivity index (χ0) is 12.7. The van der Waals surface area contributed by atoms with Crippen LogP contribution in [0.4, 0.5) is 14.5 Å². The van der Waals surface area contributed by atoms with E-state index in [1.54, 1.807) is 24.3 Å². The standard InChI is InChI=1S/C10H6F2N4S/c11-10(12)17-9-3-1-2-7(4-9)15-16-8(5-13)6-14/h1-4,10,15H. The number of hydrogen-bond acceptors (Lipinski definition) is 5.